The molecule has 0 bridgehead atoms. The van der Waals surface area contributed by atoms with Gasteiger partial charge in [0.05, 0.1) is 28.9 Å². The summed E-state index contributed by atoms with van der Waals surface area (Å²) in [7, 11) is -1.60. The van der Waals surface area contributed by atoms with Crippen LogP contribution >= 0.6 is 11.6 Å². The van der Waals surface area contributed by atoms with Crippen LogP contribution in [0.2, 0.25) is 5.02 Å². The molecule has 3 rings (SSSR count). The molecule has 0 radical (unpaired) electrons. The van der Waals surface area contributed by atoms with Gasteiger partial charge in [-0.25, -0.2) is 17.4 Å². The van der Waals surface area contributed by atoms with Crippen molar-refractivity contribution in [1.82, 2.24) is 19.0 Å². The summed E-state index contributed by atoms with van der Waals surface area (Å²) in [5.74, 6) is 0.128. The third-order valence-corrected chi connectivity index (χ3v) is 7.88. The predicted molar refractivity (Wildman–Crippen MR) is 119 cm³/mol. The van der Waals surface area contributed by atoms with Crippen molar-refractivity contribution in [3.05, 3.63) is 46.7 Å². The second-order valence-corrected chi connectivity index (χ2v) is 10.7. The number of piperidine rings is 1. The molecule has 1 aromatic heterocycles. The number of hydrogen-bond donors (Lipinski definition) is 0. The number of amides is 1. The number of carbonyl (C=O) groups excluding carboxylic acids is 1. The van der Waals surface area contributed by atoms with Crippen molar-refractivity contribution in [3.63, 3.8) is 0 Å². The standard InChI is InChI=1S/C21H29ClN4O3S/c1-5-30(28,29)24(4)17-10-12-25(13-11-17)21(27)19-14-23-26(20(19)15(2)3)18-8-6-16(22)7-9-18/h6-9,14-15,17H,5,10-13H2,1-4H3. The molecule has 0 N–H and O–H groups in total. The largest absolute Gasteiger partial charge is 0.338 e. The molecule has 2 aromatic rings. The van der Waals surface area contributed by atoms with Gasteiger partial charge in [-0.2, -0.15) is 5.10 Å². The van der Waals surface area contributed by atoms with Crippen molar-refractivity contribution < 1.29 is 13.2 Å². The van der Waals surface area contributed by atoms with Crippen LogP contribution in [0, 0.1) is 0 Å². The van der Waals surface area contributed by atoms with Crippen molar-refractivity contribution in [2.75, 3.05) is 25.9 Å². The smallest absolute Gasteiger partial charge is 0.257 e. The minimum absolute atomic E-state index is 0.0571. The fraction of sp³-hybridized carbons (Fsp3) is 0.524. The molecule has 1 aliphatic heterocycles. The van der Waals surface area contributed by atoms with E-state index in [1.54, 1.807) is 41.9 Å². The summed E-state index contributed by atoms with van der Waals surface area (Å²) in [5.41, 5.74) is 2.30. The van der Waals surface area contributed by atoms with Gasteiger partial charge in [-0.1, -0.05) is 25.4 Å². The maximum atomic E-state index is 13.3. The molecule has 9 heteroatoms. The Hall–Kier alpha value is -1.90. The SMILES string of the molecule is CCS(=O)(=O)N(C)C1CCN(C(=O)c2cnn(-c3ccc(Cl)cc3)c2C(C)C)CC1. The molecule has 1 aliphatic rings. The molecule has 7 nitrogen and oxygen atoms in total. The van der Waals surface area contributed by atoms with Crippen LogP contribution in [-0.2, 0) is 10.0 Å². The number of halogens is 1. The fourth-order valence-electron chi connectivity index (χ4n) is 3.90. The van der Waals surface area contributed by atoms with Gasteiger partial charge in [0.25, 0.3) is 5.91 Å². The van der Waals surface area contributed by atoms with Crippen molar-refractivity contribution in [3.8, 4) is 5.69 Å². The van der Waals surface area contributed by atoms with Crippen molar-refractivity contribution in [2.45, 2.75) is 45.6 Å². The van der Waals surface area contributed by atoms with Gasteiger partial charge in [0, 0.05) is 31.2 Å². The summed E-state index contributed by atoms with van der Waals surface area (Å²) in [6.07, 6.45) is 2.89. The van der Waals surface area contributed by atoms with Crippen molar-refractivity contribution in [2.24, 2.45) is 0 Å². The van der Waals surface area contributed by atoms with Gasteiger partial charge in [0.15, 0.2) is 0 Å². The van der Waals surface area contributed by atoms with Gasteiger partial charge in [-0.05, 0) is 49.9 Å². The Morgan fingerprint density at radius 2 is 1.83 bits per heavy atom. The van der Waals surface area contributed by atoms with E-state index in [1.807, 2.05) is 26.0 Å². The lowest BCUT2D eigenvalue weighted by atomic mass is 10.0. The second-order valence-electron chi connectivity index (χ2n) is 7.93. The molecule has 0 spiro atoms. The maximum absolute atomic E-state index is 13.3. The van der Waals surface area contributed by atoms with E-state index in [9.17, 15) is 13.2 Å². The van der Waals surface area contributed by atoms with Gasteiger partial charge < -0.3 is 4.90 Å². The molecule has 0 unspecified atom stereocenters. The highest BCUT2D eigenvalue weighted by atomic mass is 35.5. The zero-order valence-corrected chi connectivity index (χ0v) is 19.4. The number of aromatic nitrogens is 2. The van der Waals surface area contributed by atoms with Gasteiger partial charge in [0.1, 0.15) is 0 Å². The number of rotatable bonds is 6. The third kappa shape index (κ3) is 4.55. The molecule has 30 heavy (non-hydrogen) atoms. The monoisotopic (exact) mass is 452 g/mol. The van der Waals surface area contributed by atoms with Gasteiger partial charge in [-0.3, -0.25) is 4.79 Å². The average molecular weight is 453 g/mol. The number of carbonyl (C=O) groups is 1. The fourth-order valence-corrected chi connectivity index (χ4v) is 5.10. The van der Waals surface area contributed by atoms with Gasteiger partial charge >= 0.3 is 0 Å². The topological polar surface area (TPSA) is 75.5 Å². The number of benzene rings is 1. The molecule has 1 fully saturated rings. The summed E-state index contributed by atoms with van der Waals surface area (Å²) < 4.78 is 27.5. The number of nitrogens with zero attached hydrogens (tertiary/aromatic N) is 4. The highest BCUT2D eigenvalue weighted by molar-refractivity contribution is 7.89. The molecule has 164 valence electrons. The van der Waals surface area contributed by atoms with Crippen LogP contribution in [0.3, 0.4) is 0 Å². The second kappa shape index (κ2) is 9.08. The minimum Gasteiger partial charge on any atom is -0.338 e. The normalized spacial score (nSPS) is 15.9. The minimum atomic E-state index is -3.23. The number of hydrogen-bond acceptors (Lipinski definition) is 4. The first-order valence-corrected chi connectivity index (χ1v) is 12.2. The van der Waals surface area contributed by atoms with E-state index in [1.165, 1.54) is 4.31 Å². The Labute approximate surface area is 183 Å². The Kier molecular flexibility index (Phi) is 6.89. The zero-order chi connectivity index (χ0) is 22.1. The Balaban J connectivity index is 1.79. The van der Waals surface area contributed by atoms with Gasteiger partial charge in [-0.15, -0.1) is 0 Å². The highest BCUT2D eigenvalue weighted by Gasteiger charge is 2.32. The maximum Gasteiger partial charge on any atom is 0.257 e. The molecule has 1 aromatic carbocycles. The zero-order valence-electron chi connectivity index (χ0n) is 17.9. The van der Waals surface area contributed by atoms with Crippen molar-refractivity contribution in [1.29, 1.82) is 0 Å². The first-order valence-electron chi connectivity index (χ1n) is 10.2. The van der Waals surface area contributed by atoms with E-state index in [2.05, 4.69) is 5.10 Å². The lowest BCUT2D eigenvalue weighted by molar-refractivity contribution is 0.0684. The number of likely N-dealkylation sites (tertiary alicyclic amines) is 1. The quantitative estimate of drug-likeness (QED) is 0.671. The van der Waals surface area contributed by atoms with E-state index in [4.69, 9.17) is 11.6 Å². The van der Waals surface area contributed by atoms with Crippen LogP contribution < -0.4 is 0 Å². The first kappa shape index (κ1) is 22.8. The van der Waals surface area contributed by atoms with Crippen molar-refractivity contribution >= 4 is 27.5 Å². The van der Waals surface area contributed by atoms with E-state index in [0.29, 0.717) is 36.5 Å². The Morgan fingerprint density at radius 1 is 1.23 bits per heavy atom. The Bertz CT molecular complexity index is 994. The average Bonchev–Trinajstić information content (AvgIpc) is 3.18. The van der Waals surface area contributed by atoms with E-state index in [-0.39, 0.29) is 23.6 Å². The molecular formula is C21H29ClN4O3S. The summed E-state index contributed by atoms with van der Waals surface area (Å²) in [5, 5.41) is 5.12. The molecule has 1 saturated heterocycles. The van der Waals surface area contributed by atoms with Gasteiger partial charge in [0.2, 0.25) is 10.0 Å². The lowest BCUT2D eigenvalue weighted by Gasteiger charge is -2.36. The first-order chi connectivity index (χ1) is 14.2. The number of sulfonamides is 1. The highest BCUT2D eigenvalue weighted by Crippen LogP contribution is 2.27. The van der Waals surface area contributed by atoms with Crippen LogP contribution in [0.4, 0.5) is 0 Å². The lowest BCUT2D eigenvalue weighted by Crippen LogP contribution is -2.47. The summed E-state index contributed by atoms with van der Waals surface area (Å²) in [6, 6.07) is 7.29. The van der Waals surface area contributed by atoms with E-state index in [0.717, 1.165) is 11.4 Å². The predicted octanol–water partition coefficient (Wildman–Crippen LogP) is 3.54. The van der Waals surface area contributed by atoms with Crippen LogP contribution in [0.1, 0.15) is 55.6 Å². The van der Waals surface area contributed by atoms with Crippen LogP contribution in [-0.4, -0.2) is 65.2 Å². The molecule has 0 aliphatic carbocycles. The molecule has 2 heterocycles. The Morgan fingerprint density at radius 3 is 2.37 bits per heavy atom. The van der Waals surface area contributed by atoms with E-state index >= 15 is 0 Å². The summed E-state index contributed by atoms with van der Waals surface area (Å²) in [4.78, 5) is 15.1. The molecule has 0 atom stereocenters. The molecule has 0 saturated carbocycles. The van der Waals surface area contributed by atoms with Crippen LogP contribution in [0.15, 0.2) is 30.5 Å². The third-order valence-electron chi connectivity index (χ3n) is 5.72. The van der Waals surface area contributed by atoms with Crippen LogP contribution in [0.5, 0.6) is 0 Å². The summed E-state index contributed by atoms with van der Waals surface area (Å²) >= 11 is 6.00. The van der Waals surface area contributed by atoms with E-state index < -0.39 is 10.0 Å². The molecule has 1 amide bonds. The summed E-state index contributed by atoms with van der Waals surface area (Å²) in [6.45, 7) is 6.78. The molecular weight excluding hydrogens is 424 g/mol. The van der Waals surface area contributed by atoms with Crippen LogP contribution in [0.25, 0.3) is 5.69 Å².